The van der Waals surface area contributed by atoms with E-state index >= 15 is 0 Å². The summed E-state index contributed by atoms with van der Waals surface area (Å²) in [5.74, 6) is -0.585. The Balaban J connectivity index is 2.84. The smallest absolute Gasteiger partial charge is 0.273 e. The molecular weight excluding hydrogens is 340 g/mol. The molecule has 0 spiro atoms. The largest absolute Gasteiger partial charge is 0.333 e. The number of nitriles is 1. The average Bonchev–Trinajstić information content (AvgIpc) is 2.30. The van der Waals surface area contributed by atoms with Crippen LogP contribution in [0.2, 0.25) is 5.02 Å². The van der Waals surface area contributed by atoms with E-state index in [0.29, 0.717) is 0 Å². The van der Waals surface area contributed by atoms with Gasteiger partial charge >= 0.3 is 5.69 Å². The van der Waals surface area contributed by atoms with Crippen molar-refractivity contribution in [1.29, 1.82) is 5.26 Å². The SMILES string of the molecule is N#Cc1cn(-c2c(Cl)cc(F)cc2Br)c(=O)[nH]c1=O. The molecule has 0 aliphatic heterocycles. The van der Waals surface area contributed by atoms with Crippen molar-refractivity contribution in [1.82, 2.24) is 9.55 Å². The third-order valence-electron chi connectivity index (χ3n) is 2.29. The van der Waals surface area contributed by atoms with Crippen LogP contribution >= 0.6 is 27.5 Å². The second kappa shape index (κ2) is 4.99. The van der Waals surface area contributed by atoms with Gasteiger partial charge in [-0.2, -0.15) is 5.26 Å². The molecule has 0 saturated carbocycles. The Bertz CT molecular complexity index is 799. The Kier molecular flexibility index (Phi) is 3.55. The summed E-state index contributed by atoms with van der Waals surface area (Å²) in [6.07, 6.45) is 1.05. The van der Waals surface area contributed by atoms with E-state index in [2.05, 4.69) is 15.9 Å². The fourth-order valence-corrected chi connectivity index (χ4v) is 2.52. The third-order valence-corrected chi connectivity index (χ3v) is 3.18. The number of rotatable bonds is 1. The standard InChI is InChI=1S/C11H4BrClFN3O2/c12-7-1-6(14)2-8(13)9(7)17-4-5(3-15)10(18)16-11(17)19/h1-2,4H,(H,16,18,19). The predicted molar refractivity (Wildman–Crippen MR) is 70.0 cm³/mol. The third kappa shape index (κ3) is 2.45. The molecule has 0 saturated heterocycles. The highest BCUT2D eigenvalue weighted by atomic mass is 79.9. The van der Waals surface area contributed by atoms with Crippen LogP contribution in [0.25, 0.3) is 5.69 Å². The van der Waals surface area contributed by atoms with Gasteiger partial charge in [0.05, 0.1) is 10.7 Å². The van der Waals surface area contributed by atoms with Crippen molar-refractivity contribution in [2.45, 2.75) is 0 Å². The first kappa shape index (κ1) is 13.5. The van der Waals surface area contributed by atoms with Crippen molar-refractivity contribution in [3.8, 4) is 11.8 Å². The van der Waals surface area contributed by atoms with Gasteiger partial charge in [0.15, 0.2) is 0 Å². The number of hydrogen-bond acceptors (Lipinski definition) is 3. The van der Waals surface area contributed by atoms with Crippen LogP contribution in [0.4, 0.5) is 4.39 Å². The van der Waals surface area contributed by atoms with Crippen molar-refractivity contribution in [2.24, 2.45) is 0 Å². The summed E-state index contributed by atoms with van der Waals surface area (Å²) in [7, 11) is 0. The van der Waals surface area contributed by atoms with E-state index in [1.807, 2.05) is 4.98 Å². The van der Waals surface area contributed by atoms with Gasteiger partial charge in [0, 0.05) is 10.7 Å². The van der Waals surface area contributed by atoms with E-state index in [1.165, 1.54) is 0 Å². The molecule has 0 bridgehead atoms. The topological polar surface area (TPSA) is 78.7 Å². The maximum Gasteiger partial charge on any atom is 0.333 e. The van der Waals surface area contributed by atoms with Crippen molar-refractivity contribution in [2.75, 3.05) is 0 Å². The fraction of sp³-hybridized carbons (Fsp3) is 0. The Morgan fingerprint density at radius 3 is 2.68 bits per heavy atom. The van der Waals surface area contributed by atoms with E-state index < -0.39 is 17.1 Å². The number of aromatic amines is 1. The van der Waals surface area contributed by atoms with Crippen molar-refractivity contribution in [3.05, 3.63) is 60.0 Å². The summed E-state index contributed by atoms with van der Waals surface area (Å²) in [6, 6.07) is 3.78. The zero-order valence-corrected chi connectivity index (χ0v) is 11.4. The predicted octanol–water partition coefficient (Wildman–Crippen LogP) is 1.95. The van der Waals surface area contributed by atoms with Gasteiger partial charge in [-0.15, -0.1) is 0 Å². The summed E-state index contributed by atoms with van der Waals surface area (Å²) >= 11 is 8.95. The van der Waals surface area contributed by atoms with Crippen molar-refractivity contribution in [3.63, 3.8) is 0 Å². The molecule has 0 radical (unpaired) electrons. The van der Waals surface area contributed by atoms with Gasteiger partial charge in [-0.25, -0.2) is 9.18 Å². The summed E-state index contributed by atoms with van der Waals surface area (Å²) in [5.41, 5.74) is -1.69. The molecule has 2 rings (SSSR count). The normalized spacial score (nSPS) is 10.2. The number of hydrogen-bond donors (Lipinski definition) is 1. The zero-order chi connectivity index (χ0) is 14.2. The molecule has 0 aliphatic rings. The first-order chi connectivity index (χ1) is 8.93. The summed E-state index contributed by atoms with van der Waals surface area (Å²) in [5, 5.41) is 8.74. The van der Waals surface area contributed by atoms with Gasteiger partial charge in [-0.1, -0.05) is 11.6 Å². The number of benzene rings is 1. The second-order valence-corrected chi connectivity index (χ2v) is 4.76. The molecule has 0 atom stereocenters. The number of H-pyrrole nitrogens is 1. The van der Waals surface area contributed by atoms with Crippen LogP contribution in [0.3, 0.4) is 0 Å². The van der Waals surface area contributed by atoms with Gasteiger partial charge in [0.1, 0.15) is 17.4 Å². The van der Waals surface area contributed by atoms with E-state index in [0.717, 1.165) is 22.9 Å². The first-order valence-corrected chi connectivity index (χ1v) is 6.02. The van der Waals surface area contributed by atoms with Crippen LogP contribution in [-0.4, -0.2) is 9.55 Å². The van der Waals surface area contributed by atoms with E-state index in [9.17, 15) is 14.0 Å². The van der Waals surface area contributed by atoms with Gasteiger partial charge in [0.25, 0.3) is 5.56 Å². The number of halogens is 3. The lowest BCUT2D eigenvalue weighted by Gasteiger charge is -2.10. The van der Waals surface area contributed by atoms with Crippen LogP contribution in [0.15, 0.2) is 32.4 Å². The fourth-order valence-electron chi connectivity index (χ4n) is 1.48. The lowest BCUT2D eigenvalue weighted by Crippen LogP contribution is -2.30. The number of aromatic nitrogens is 2. The quantitative estimate of drug-likeness (QED) is 0.859. The average molecular weight is 345 g/mol. The molecule has 19 heavy (non-hydrogen) atoms. The Hall–Kier alpha value is -1.91. The molecule has 96 valence electrons. The van der Waals surface area contributed by atoms with E-state index in [4.69, 9.17) is 16.9 Å². The van der Waals surface area contributed by atoms with Crippen LogP contribution < -0.4 is 11.2 Å². The van der Waals surface area contributed by atoms with Crippen LogP contribution in [0.5, 0.6) is 0 Å². The minimum absolute atomic E-state index is 0.0371. The Morgan fingerprint density at radius 1 is 1.42 bits per heavy atom. The minimum Gasteiger partial charge on any atom is -0.273 e. The summed E-state index contributed by atoms with van der Waals surface area (Å²) < 4.78 is 14.3. The van der Waals surface area contributed by atoms with E-state index in [-0.39, 0.29) is 20.7 Å². The maximum absolute atomic E-state index is 13.1. The molecule has 0 fully saturated rings. The minimum atomic E-state index is -0.793. The highest BCUT2D eigenvalue weighted by Gasteiger charge is 2.13. The molecule has 1 heterocycles. The Morgan fingerprint density at radius 2 is 2.11 bits per heavy atom. The zero-order valence-electron chi connectivity index (χ0n) is 9.08. The molecule has 1 aromatic heterocycles. The lowest BCUT2D eigenvalue weighted by atomic mass is 10.3. The second-order valence-electron chi connectivity index (χ2n) is 3.50. The molecule has 0 unspecified atom stereocenters. The van der Waals surface area contributed by atoms with Gasteiger partial charge in [0.2, 0.25) is 0 Å². The van der Waals surface area contributed by atoms with Crippen molar-refractivity contribution >= 4 is 27.5 Å². The van der Waals surface area contributed by atoms with Gasteiger partial charge in [-0.3, -0.25) is 14.3 Å². The molecule has 5 nitrogen and oxygen atoms in total. The highest BCUT2D eigenvalue weighted by Crippen LogP contribution is 2.29. The van der Waals surface area contributed by atoms with Crippen LogP contribution in [0, 0.1) is 17.1 Å². The Labute approximate surface area is 119 Å². The molecule has 1 aromatic carbocycles. The van der Waals surface area contributed by atoms with Crippen LogP contribution in [0.1, 0.15) is 5.56 Å². The monoisotopic (exact) mass is 343 g/mol. The molecule has 2 aromatic rings. The van der Waals surface area contributed by atoms with Gasteiger partial charge in [-0.05, 0) is 28.1 Å². The van der Waals surface area contributed by atoms with Crippen LogP contribution in [-0.2, 0) is 0 Å². The summed E-state index contributed by atoms with van der Waals surface area (Å²) in [6.45, 7) is 0. The first-order valence-electron chi connectivity index (χ1n) is 4.85. The summed E-state index contributed by atoms with van der Waals surface area (Å²) in [4.78, 5) is 25.0. The lowest BCUT2D eigenvalue weighted by molar-refractivity contribution is 0.626. The number of nitrogens with one attached hydrogen (secondary N) is 1. The number of nitrogens with zero attached hydrogens (tertiary/aromatic N) is 2. The molecular formula is C11H4BrClFN3O2. The molecule has 1 N–H and O–H groups in total. The molecule has 0 amide bonds. The van der Waals surface area contributed by atoms with Gasteiger partial charge < -0.3 is 0 Å². The highest BCUT2D eigenvalue weighted by molar-refractivity contribution is 9.10. The van der Waals surface area contributed by atoms with Crippen molar-refractivity contribution < 1.29 is 4.39 Å². The molecule has 0 aliphatic carbocycles. The molecule has 8 heteroatoms. The maximum atomic E-state index is 13.1. The van der Waals surface area contributed by atoms with E-state index in [1.54, 1.807) is 6.07 Å².